The van der Waals surface area contributed by atoms with Gasteiger partial charge in [0.25, 0.3) is 11.5 Å². The van der Waals surface area contributed by atoms with Crippen LogP contribution in [0.3, 0.4) is 0 Å². The van der Waals surface area contributed by atoms with Gasteiger partial charge >= 0.3 is 0 Å². The minimum atomic E-state index is -0.371. The van der Waals surface area contributed by atoms with Gasteiger partial charge in [-0.15, -0.1) is 0 Å². The highest BCUT2D eigenvalue weighted by atomic mass is 16.3. The zero-order chi connectivity index (χ0) is 15.9. The van der Waals surface area contributed by atoms with Crippen molar-refractivity contribution in [3.8, 4) is 0 Å². The molecule has 2 aromatic heterocycles. The van der Waals surface area contributed by atoms with E-state index >= 15 is 0 Å². The maximum Gasteiger partial charge on any atom is 0.279 e. The molecular weight excluding hydrogens is 282 g/mol. The number of nitrogens with zero attached hydrogens (tertiary/aromatic N) is 2. The first-order valence-electron chi connectivity index (χ1n) is 7.40. The Kier molecular flexibility index (Phi) is 3.60. The predicted molar refractivity (Wildman–Crippen MR) is 80.8 cm³/mol. The van der Waals surface area contributed by atoms with E-state index in [1.54, 1.807) is 27.2 Å². The smallest absolute Gasteiger partial charge is 0.279 e. The maximum atomic E-state index is 12.6. The Bertz CT molecular complexity index is 788. The van der Waals surface area contributed by atoms with E-state index in [9.17, 15) is 9.59 Å². The Hall–Kier alpha value is -2.37. The summed E-state index contributed by atoms with van der Waals surface area (Å²) in [4.78, 5) is 24.8. The summed E-state index contributed by atoms with van der Waals surface area (Å²) in [5, 5.41) is 7.07. The number of hydrogen-bond donors (Lipinski definition) is 1. The third kappa shape index (κ3) is 2.34. The molecule has 3 rings (SSSR count). The van der Waals surface area contributed by atoms with Crippen molar-refractivity contribution in [2.45, 2.75) is 39.2 Å². The van der Waals surface area contributed by atoms with Gasteiger partial charge in [-0.1, -0.05) is 0 Å². The second kappa shape index (κ2) is 5.44. The lowest BCUT2D eigenvalue weighted by molar-refractivity contribution is 0.0929. The van der Waals surface area contributed by atoms with Crippen LogP contribution >= 0.6 is 0 Å². The van der Waals surface area contributed by atoms with Crippen molar-refractivity contribution in [3.05, 3.63) is 50.8 Å². The van der Waals surface area contributed by atoms with E-state index in [2.05, 4.69) is 10.4 Å². The number of aryl methyl sites for hydroxylation is 3. The zero-order valence-electron chi connectivity index (χ0n) is 13.0. The highest BCUT2D eigenvalue weighted by Crippen LogP contribution is 2.30. The second-order valence-electron chi connectivity index (χ2n) is 5.73. The number of furan rings is 1. The lowest BCUT2D eigenvalue weighted by Crippen LogP contribution is -2.37. The van der Waals surface area contributed by atoms with E-state index in [1.165, 1.54) is 4.68 Å². The summed E-state index contributed by atoms with van der Waals surface area (Å²) < 4.78 is 6.64. The van der Waals surface area contributed by atoms with E-state index in [1.807, 2.05) is 6.07 Å². The Labute approximate surface area is 128 Å². The molecule has 0 radical (unpaired) electrons. The van der Waals surface area contributed by atoms with Gasteiger partial charge in [0.15, 0.2) is 0 Å². The molecule has 0 spiro atoms. The molecular formula is C16H19N3O3. The van der Waals surface area contributed by atoms with Gasteiger partial charge in [0.2, 0.25) is 0 Å². The SMILES string of the molecule is Cc1nn(C)c(=O)c(C(=O)N[C@H]2CCCc3occc32)c1C. The van der Waals surface area contributed by atoms with Crippen LogP contribution in [0, 0.1) is 13.8 Å². The van der Waals surface area contributed by atoms with Gasteiger partial charge < -0.3 is 9.73 Å². The van der Waals surface area contributed by atoms with Crippen LogP contribution in [-0.4, -0.2) is 15.7 Å². The van der Waals surface area contributed by atoms with Crippen LogP contribution < -0.4 is 10.9 Å². The van der Waals surface area contributed by atoms with Crippen LogP contribution in [0.5, 0.6) is 0 Å². The standard InChI is InChI=1S/C16H19N3O3/c1-9-10(2)18-19(3)16(21)14(9)15(20)17-12-5-4-6-13-11(12)7-8-22-13/h7-8,12H,4-6H2,1-3H3,(H,17,20)/t12-/m0/s1. The first-order valence-corrected chi connectivity index (χ1v) is 7.40. The molecule has 6 nitrogen and oxygen atoms in total. The van der Waals surface area contributed by atoms with Crippen LogP contribution in [0.4, 0.5) is 0 Å². The summed E-state index contributed by atoms with van der Waals surface area (Å²) in [6.45, 7) is 3.54. The summed E-state index contributed by atoms with van der Waals surface area (Å²) in [6.07, 6.45) is 4.35. The van der Waals surface area contributed by atoms with Gasteiger partial charge in [0, 0.05) is 19.0 Å². The van der Waals surface area contributed by atoms with Crippen molar-refractivity contribution >= 4 is 5.91 Å². The lowest BCUT2D eigenvalue weighted by atomic mass is 9.93. The van der Waals surface area contributed by atoms with Crippen LogP contribution in [0.15, 0.2) is 21.5 Å². The molecule has 1 N–H and O–H groups in total. The molecule has 1 aliphatic carbocycles. The molecule has 0 aliphatic heterocycles. The quantitative estimate of drug-likeness (QED) is 0.917. The van der Waals surface area contributed by atoms with Crippen molar-refractivity contribution in [1.29, 1.82) is 0 Å². The molecule has 22 heavy (non-hydrogen) atoms. The molecule has 0 saturated carbocycles. The minimum absolute atomic E-state index is 0.104. The topological polar surface area (TPSA) is 77.1 Å². The highest BCUT2D eigenvalue weighted by molar-refractivity contribution is 5.95. The minimum Gasteiger partial charge on any atom is -0.469 e. The molecule has 0 bridgehead atoms. The number of hydrogen-bond acceptors (Lipinski definition) is 4. The van der Waals surface area contributed by atoms with Crippen molar-refractivity contribution in [2.75, 3.05) is 0 Å². The van der Waals surface area contributed by atoms with E-state index in [0.717, 1.165) is 30.6 Å². The fraction of sp³-hybridized carbons (Fsp3) is 0.438. The van der Waals surface area contributed by atoms with Gasteiger partial charge in [0.05, 0.1) is 18.0 Å². The number of nitrogens with one attached hydrogen (secondary N) is 1. The number of carbonyl (C=O) groups excluding carboxylic acids is 1. The van der Waals surface area contributed by atoms with Crippen molar-refractivity contribution in [1.82, 2.24) is 15.1 Å². The van der Waals surface area contributed by atoms with E-state index in [-0.39, 0.29) is 23.1 Å². The van der Waals surface area contributed by atoms with Crippen molar-refractivity contribution in [3.63, 3.8) is 0 Å². The summed E-state index contributed by atoms with van der Waals surface area (Å²) in [6, 6.07) is 1.79. The maximum absolute atomic E-state index is 12.6. The van der Waals surface area contributed by atoms with Gasteiger partial charge in [-0.05, 0) is 38.3 Å². The molecule has 1 aliphatic rings. The Morgan fingerprint density at radius 2 is 2.23 bits per heavy atom. The summed E-state index contributed by atoms with van der Waals surface area (Å²) in [5.41, 5.74) is 2.12. The van der Waals surface area contributed by atoms with Crippen LogP contribution in [0.2, 0.25) is 0 Å². The molecule has 0 saturated heterocycles. The predicted octanol–water partition coefficient (Wildman–Crippen LogP) is 1.80. The van der Waals surface area contributed by atoms with Crippen molar-refractivity contribution < 1.29 is 9.21 Å². The summed E-state index contributed by atoms with van der Waals surface area (Å²) in [7, 11) is 1.56. The third-order valence-corrected chi connectivity index (χ3v) is 4.31. The molecule has 0 fully saturated rings. The fourth-order valence-electron chi connectivity index (χ4n) is 2.98. The molecule has 6 heteroatoms. The third-order valence-electron chi connectivity index (χ3n) is 4.31. The first-order chi connectivity index (χ1) is 10.5. The molecule has 2 heterocycles. The molecule has 2 aromatic rings. The highest BCUT2D eigenvalue weighted by Gasteiger charge is 2.26. The monoisotopic (exact) mass is 301 g/mol. The normalized spacial score (nSPS) is 17.1. The molecule has 0 unspecified atom stereocenters. The van der Waals surface area contributed by atoms with Crippen molar-refractivity contribution in [2.24, 2.45) is 7.05 Å². The van der Waals surface area contributed by atoms with Gasteiger partial charge in [-0.2, -0.15) is 5.10 Å². The van der Waals surface area contributed by atoms with E-state index in [4.69, 9.17) is 4.42 Å². The average molecular weight is 301 g/mol. The molecule has 1 atom stereocenters. The summed E-state index contributed by atoms with van der Waals surface area (Å²) >= 11 is 0. The summed E-state index contributed by atoms with van der Waals surface area (Å²) in [5.74, 6) is 0.578. The van der Waals surface area contributed by atoms with E-state index < -0.39 is 0 Å². The first kappa shape index (κ1) is 14.6. The Balaban J connectivity index is 1.93. The lowest BCUT2D eigenvalue weighted by Gasteiger charge is -2.23. The number of carbonyl (C=O) groups is 1. The molecule has 116 valence electrons. The molecule has 1 amide bonds. The van der Waals surface area contributed by atoms with Crippen LogP contribution in [0.1, 0.15) is 51.8 Å². The Morgan fingerprint density at radius 3 is 3.00 bits per heavy atom. The van der Waals surface area contributed by atoms with Gasteiger partial charge in [0.1, 0.15) is 11.3 Å². The number of fused-ring (bicyclic) bond motifs is 1. The van der Waals surface area contributed by atoms with Gasteiger partial charge in [-0.3, -0.25) is 9.59 Å². The van der Waals surface area contributed by atoms with E-state index in [0.29, 0.717) is 11.3 Å². The number of aromatic nitrogens is 2. The Morgan fingerprint density at radius 1 is 1.45 bits per heavy atom. The number of amides is 1. The largest absolute Gasteiger partial charge is 0.469 e. The fourth-order valence-corrected chi connectivity index (χ4v) is 2.98. The van der Waals surface area contributed by atoms with Crippen LogP contribution in [0.25, 0.3) is 0 Å². The van der Waals surface area contributed by atoms with Crippen LogP contribution in [-0.2, 0) is 13.5 Å². The van der Waals surface area contributed by atoms with Gasteiger partial charge in [-0.25, -0.2) is 4.68 Å². The average Bonchev–Trinajstić information content (AvgIpc) is 2.95. The zero-order valence-corrected chi connectivity index (χ0v) is 13.0. The molecule has 0 aromatic carbocycles. The second-order valence-corrected chi connectivity index (χ2v) is 5.73. The number of rotatable bonds is 2.